The molecular weight excluding hydrogens is 192 g/mol. The zero-order chi connectivity index (χ0) is 10.8. The van der Waals surface area contributed by atoms with Gasteiger partial charge in [0.15, 0.2) is 0 Å². The summed E-state index contributed by atoms with van der Waals surface area (Å²) in [6.07, 6.45) is 3.36. The highest BCUT2D eigenvalue weighted by Gasteiger charge is 2.13. The van der Waals surface area contributed by atoms with Crippen molar-refractivity contribution in [2.45, 2.75) is 13.0 Å². The predicted molar refractivity (Wildman–Crippen MR) is 59.0 cm³/mol. The molecule has 1 unspecified atom stereocenters. The molecule has 0 radical (unpaired) electrons. The van der Waals surface area contributed by atoms with Gasteiger partial charge in [0.1, 0.15) is 11.4 Å². The molecule has 2 heterocycles. The van der Waals surface area contributed by atoms with Crippen LogP contribution >= 0.6 is 0 Å². The molecule has 0 bridgehead atoms. The van der Waals surface area contributed by atoms with Gasteiger partial charge >= 0.3 is 0 Å². The average molecular weight is 206 g/mol. The second kappa shape index (κ2) is 3.90. The quantitative estimate of drug-likeness (QED) is 0.829. The molecule has 1 N–H and O–H groups in total. The number of nitrogens with zero attached hydrogens (tertiary/aromatic N) is 2. The summed E-state index contributed by atoms with van der Waals surface area (Å²) in [5.74, 6) is 0.836. The molecule has 0 aliphatic heterocycles. The Morgan fingerprint density at radius 2 is 2.33 bits per heavy atom. The number of pyridine rings is 1. The van der Waals surface area contributed by atoms with Crippen LogP contribution in [0.2, 0.25) is 0 Å². The van der Waals surface area contributed by atoms with Crippen LogP contribution in [-0.4, -0.2) is 29.8 Å². The van der Waals surface area contributed by atoms with Crippen LogP contribution in [0.3, 0.4) is 0 Å². The molecule has 2 aromatic rings. The van der Waals surface area contributed by atoms with Crippen LogP contribution in [0.1, 0.15) is 6.92 Å². The van der Waals surface area contributed by atoms with Crippen molar-refractivity contribution in [2.24, 2.45) is 0 Å². The average Bonchev–Trinajstić information content (AvgIpc) is 2.74. The van der Waals surface area contributed by atoms with E-state index in [1.54, 1.807) is 12.5 Å². The minimum absolute atomic E-state index is 0.0398. The molecule has 80 valence electrons. The number of furan rings is 1. The summed E-state index contributed by atoms with van der Waals surface area (Å²) in [5, 5.41) is 10.1. The molecule has 0 aliphatic carbocycles. The standard InChI is InChI=1S/C11H14N2O2/c1-8(7-14)13(2)11-9-4-6-15-10(9)3-5-12-11/h3-6,8,14H,7H2,1-2H3. The second-order valence-electron chi connectivity index (χ2n) is 3.61. The lowest BCUT2D eigenvalue weighted by atomic mass is 10.2. The highest BCUT2D eigenvalue weighted by molar-refractivity contribution is 5.88. The highest BCUT2D eigenvalue weighted by Crippen LogP contribution is 2.25. The van der Waals surface area contributed by atoms with E-state index in [1.807, 2.05) is 31.0 Å². The van der Waals surface area contributed by atoms with Crippen molar-refractivity contribution in [2.75, 3.05) is 18.6 Å². The van der Waals surface area contributed by atoms with Gasteiger partial charge in [0, 0.05) is 13.2 Å². The third kappa shape index (κ3) is 1.68. The van der Waals surface area contributed by atoms with Gasteiger partial charge in [-0.2, -0.15) is 0 Å². The molecule has 1 atom stereocenters. The van der Waals surface area contributed by atoms with Gasteiger partial charge in [-0.3, -0.25) is 0 Å². The second-order valence-corrected chi connectivity index (χ2v) is 3.61. The largest absolute Gasteiger partial charge is 0.464 e. The van der Waals surface area contributed by atoms with Gasteiger partial charge in [-0.1, -0.05) is 0 Å². The zero-order valence-corrected chi connectivity index (χ0v) is 8.84. The number of hydrogen-bond acceptors (Lipinski definition) is 4. The number of anilines is 1. The Bertz CT molecular complexity index is 453. The van der Waals surface area contributed by atoms with Crippen molar-refractivity contribution in [1.29, 1.82) is 0 Å². The van der Waals surface area contributed by atoms with E-state index < -0.39 is 0 Å². The molecular formula is C11H14N2O2. The lowest BCUT2D eigenvalue weighted by molar-refractivity contribution is 0.270. The maximum Gasteiger partial charge on any atom is 0.139 e. The Morgan fingerprint density at radius 1 is 1.53 bits per heavy atom. The summed E-state index contributed by atoms with van der Waals surface area (Å²) in [7, 11) is 1.91. The summed E-state index contributed by atoms with van der Waals surface area (Å²) >= 11 is 0. The van der Waals surface area contributed by atoms with Crippen LogP contribution in [0.15, 0.2) is 29.0 Å². The molecule has 0 aromatic carbocycles. The molecule has 0 saturated carbocycles. The van der Waals surface area contributed by atoms with Crippen molar-refractivity contribution in [3.63, 3.8) is 0 Å². The number of aromatic nitrogens is 1. The van der Waals surface area contributed by atoms with E-state index in [9.17, 15) is 0 Å². The first kappa shape index (κ1) is 9.98. The minimum atomic E-state index is 0.0398. The molecule has 4 heteroatoms. The molecule has 2 aromatic heterocycles. The lowest BCUT2D eigenvalue weighted by Gasteiger charge is -2.24. The molecule has 4 nitrogen and oxygen atoms in total. The molecule has 2 rings (SSSR count). The summed E-state index contributed by atoms with van der Waals surface area (Å²) in [6.45, 7) is 2.05. The third-order valence-corrected chi connectivity index (χ3v) is 2.62. The van der Waals surface area contributed by atoms with Crippen LogP contribution in [0.25, 0.3) is 11.0 Å². The fourth-order valence-corrected chi connectivity index (χ4v) is 1.49. The highest BCUT2D eigenvalue weighted by atomic mass is 16.3. The van der Waals surface area contributed by atoms with Crippen molar-refractivity contribution in [1.82, 2.24) is 4.98 Å². The summed E-state index contributed by atoms with van der Waals surface area (Å²) in [6, 6.07) is 3.76. The van der Waals surface area contributed by atoms with E-state index in [2.05, 4.69) is 4.98 Å². The Balaban J connectivity index is 2.46. The van der Waals surface area contributed by atoms with Gasteiger partial charge in [-0.15, -0.1) is 0 Å². The number of fused-ring (bicyclic) bond motifs is 1. The Hall–Kier alpha value is -1.55. The van der Waals surface area contributed by atoms with E-state index in [0.29, 0.717) is 0 Å². The molecule has 0 fully saturated rings. The fourth-order valence-electron chi connectivity index (χ4n) is 1.49. The van der Waals surface area contributed by atoms with E-state index in [0.717, 1.165) is 16.8 Å². The molecule has 0 aliphatic rings. The van der Waals surface area contributed by atoms with E-state index in [1.165, 1.54) is 0 Å². The molecule has 0 amide bonds. The molecule has 0 saturated heterocycles. The topological polar surface area (TPSA) is 49.5 Å². The first-order valence-electron chi connectivity index (χ1n) is 4.90. The zero-order valence-electron chi connectivity index (χ0n) is 8.84. The number of aliphatic hydroxyl groups excluding tert-OH is 1. The Kier molecular flexibility index (Phi) is 2.60. The summed E-state index contributed by atoms with van der Waals surface area (Å²) in [5.41, 5.74) is 0.817. The van der Waals surface area contributed by atoms with E-state index in [4.69, 9.17) is 9.52 Å². The lowest BCUT2D eigenvalue weighted by Crippen LogP contribution is -2.32. The number of hydrogen-bond donors (Lipinski definition) is 1. The minimum Gasteiger partial charge on any atom is -0.464 e. The van der Waals surface area contributed by atoms with Crippen molar-refractivity contribution < 1.29 is 9.52 Å². The van der Waals surface area contributed by atoms with Gasteiger partial charge in [0.2, 0.25) is 0 Å². The van der Waals surface area contributed by atoms with Crippen LogP contribution in [0.5, 0.6) is 0 Å². The van der Waals surface area contributed by atoms with Crippen molar-refractivity contribution >= 4 is 16.8 Å². The maximum atomic E-state index is 9.10. The predicted octanol–water partition coefficient (Wildman–Crippen LogP) is 1.64. The number of rotatable bonds is 3. The first-order chi connectivity index (χ1) is 7.24. The number of likely N-dealkylation sites (N-methyl/N-ethyl adjacent to an activating group) is 1. The monoisotopic (exact) mass is 206 g/mol. The third-order valence-electron chi connectivity index (χ3n) is 2.62. The van der Waals surface area contributed by atoms with Crippen LogP contribution < -0.4 is 4.90 Å². The van der Waals surface area contributed by atoms with E-state index >= 15 is 0 Å². The molecule has 15 heavy (non-hydrogen) atoms. The van der Waals surface area contributed by atoms with Gasteiger partial charge < -0.3 is 14.4 Å². The fraction of sp³-hybridized carbons (Fsp3) is 0.364. The van der Waals surface area contributed by atoms with Gasteiger partial charge in [-0.25, -0.2) is 4.98 Å². The van der Waals surface area contributed by atoms with Crippen LogP contribution in [0, 0.1) is 0 Å². The first-order valence-corrected chi connectivity index (χ1v) is 4.90. The van der Waals surface area contributed by atoms with Crippen LogP contribution in [0.4, 0.5) is 5.82 Å². The number of aliphatic hydroxyl groups is 1. The smallest absolute Gasteiger partial charge is 0.139 e. The van der Waals surface area contributed by atoms with Gasteiger partial charge in [-0.05, 0) is 19.1 Å². The summed E-state index contributed by atoms with van der Waals surface area (Å²) in [4.78, 5) is 6.25. The van der Waals surface area contributed by atoms with Gasteiger partial charge in [0.25, 0.3) is 0 Å². The van der Waals surface area contributed by atoms with Crippen molar-refractivity contribution in [3.05, 3.63) is 24.6 Å². The molecule has 0 spiro atoms. The maximum absolute atomic E-state index is 9.10. The summed E-state index contributed by atoms with van der Waals surface area (Å²) < 4.78 is 5.29. The SMILES string of the molecule is CC(CO)N(C)c1nccc2occc12. The van der Waals surface area contributed by atoms with Crippen molar-refractivity contribution in [3.8, 4) is 0 Å². The Morgan fingerprint density at radius 3 is 3.07 bits per heavy atom. The Labute approximate surface area is 88.1 Å². The van der Waals surface area contributed by atoms with Crippen LogP contribution in [-0.2, 0) is 0 Å². The van der Waals surface area contributed by atoms with E-state index in [-0.39, 0.29) is 12.6 Å². The van der Waals surface area contributed by atoms with Gasteiger partial charge in [0.05, 0.1) is 24.3 Å². The normalized spacial score (nSPS) is 13.0.